The van der Waals surface area contributed by atoms with Gasteiger partial charge in [-0.05, 0) is 80.0 Å². The zero-order valence-corrected chi connectivity index (χ0v) is 13.5. The standard InChI is InChI=1S/C17H20BrNO2/c18-14-1-3-15(4-2-14)19-17(20)21-16-12-6-10-5-11(8-12)9-13(16)7-10/h1-4,10-13,16H,5-9H2,(H,19,20). The second-order valence-corrected chi connectivity index (χ2v) is 7.85. The monoisotopic (exact) mass is 349 g/mol. The van der Waals surface area contributed by atoms with Gasteiger partial charge in [-0.15, -0.1) is 0 Å². The van der Waals surface area contributed by atoms with Gasteiger partial charge in [-0.3, -0.25) is 5.32 Å². The van der Waals surface area contributed by atoms with Crippen LogP contribution in [0.1, 0.15) is 32.1 Å². The van der Waals surface area contributed by atoms with Gasteiger partial charge in [-0.25, -0.2) is 4.79 Å². The first-order valence-corrected chi connectivity index (χ1v) is 8.70. The van der Waals surface area contributed by atoms with E-state index in [4.69, 9.17) is 4.74 Å². The number of hydrogen-bond acceptors (Lipinski definition) is 2. The SMILES string of the molecule is O=C(Nc1ccc(Br)cc1)OC1C2CC3CC(C2)CC1C3. The Bertz CT molecular complexity index is 514. The van der Waals surface area contributed by atoms with Gasteiger partial charge in [0.25, 0.3) is 0 Å². The first-order chi connectivity index (χ1) is 10.2. The number of nitrogens with one attached hydrogen (secondary N) is 1. The van der Waals surface area contributed by atoms with Gasteiger partial charge < -0.3 is 4.74 Å². The molecule has 0 unspecified atom stereocenters. The average Bonchev–Trinajstić information content (AvgIpc) is 2.45. The summed E-state index contributed by atoms with van der Waals surface area (Å²) in [4.78, 5) is 12.1. The number of carbonyl (C=O) groups is 1. The van der Waals surface area contributed by atoms with E-state index in [9.17, 15) is 4.79 Å². The minimum atomic E-state index is -0.296. The van der Waals surface area contributed by atoms with Crippen molar-refractivity contribution < 1.29 is 9.53 Å². The van der Waals surface area contributed by atoms with Gasteiger partial charge in [0.2, 0.25) is 0 Å². The fraction of sp³-hybridized carbons (Fsp3) is 0.588. The van der Waals surface area contributed by atoms with Crippen LogP contribution in [0.4, 0.5) is 10.5 Å². The highest BCUT2D eigenvalue weighted by molar-refractivity contribution is 9.10. The van der Waals surface area contributed by atoms with Gasteiger partial charge in [0.05, 0.1) is 0 Å². The summed E-state index contributed by atoms with van der Waals surface area (Å²) in [6.45, 7) is 0. The predicted octanol–water partition coefficient (Wildman–Crippen LogP) is 4.82. The molecular formula is C17H20BrNO2. The molecule has 4 heteroatoms. The van der Waals surface area contributed by atoms with Gasteiger partial charge in [-0.2, -0.15) is 0 Å². The van der Waals surface area contributed by atoms with Gasteiger partial charge >= 0.3 is 6.09 Å². The number of benzene rings is 1. The van der Waals surface area contributed by atoms with E-state index in [2.05, 4.69) is 21.2 Å². The molecule has 21 heavy (non-hydrogen) atoms. The van der Waals surface area contributed by atoms with E-state index in [1.165, 1.54) is 32.1 Å². The average molecular weight is 350 g/mol. The second-order valence-electron chi connectivity index (χ2n) is 6.93. The predicted molar refractivity (Wildman–Crippen MR) is 85.1 cm³/mol. The quantitative estimate of drug-likeness (QED) is 0.830. The van der Waals surface area contributed by atoms with Gasteiger partial charge in [0.15, 0.2) is 0 Å². The first kappa shape index (κ1) is 13.6. The largest absolute Gasteiger partial charge is 0.445 e. The topological polar surface area (TPSA) is 38.3 Å². The summed E-state index contributed by atoms with van der Waals surface area (Å²) >= 11 is 3.39. The van der Waals surface area contributed by atoms with Crippen molar-refractivity contribution in [3.05, 3.63) is 28.7 Å². The van der Waals surface area contributed by atoms with Crippen LogP contribution < -0.4 is 5.32 Å². The minimum absolute atomic E-state index is 0.147. The third-order valence-electron chi connectivity index (χ3n) is 5.47. The van der Waals surface area contributed by atoms with E-state index in [1.54, 1.807) is 0 Å². The maximum atomic E-state index is 12.1. The lowest BCUT2D eigenvalue weighted by molar-refractivity contribution is -0.0933. The van der Waals surface area contributed by atoms with Crippen molar-refractivity contribution in [2.75, 3.05) is 5.32 Å². The van der Waals surface area contributed by atoms with E-state index in [-0.39, 0.29) is 12.2 Å². The Balaban J connectivity index is 1.39. The Morgan fingerprint density at radius 1 is 1.00 bits per heavy atom. The van der Waals surface area contributed by atoms with Gasteiger partial charge in [0.1, 0.15) is 6.10 Å². The number of anilines is 1. The van der Waals surface area contributed by atoms with Crippen LogP contribution in [-0.4, -0.2) is 12.2 Å². The normalized spacial score (nSPS) is 36.5. The summed E-state index contributed by atoms with van der Waals surface area (Å²) in [6.07, 6.45) is 6.34. The molecule has 3 nitrogen and oxygen atoms in total. The Labute approximate surface area is 133 Å². The van der Waals surface area contributed by atoms with Crippen LogP contribution in [0, 0.1) is 23.7 Å². The maximum absolute atomic E-state index is 12.1. The summed E-state index contributed by atoms with van der Waals surface area (Å²) in [7, 11) is 0. The molecule has 1 amide bonds. The first-order valence-electron chi connectivity index (χ1n) is 7.90. The zero-order valence-electron chi connectivity index (χ0n) is 11.9. The molecule has 5 rings (SSSR count). The Morgan fingerprint density at radius 3 is 2.14 bits per heavy atom. The zero-order chi connectivity index (χ0) is 14.4. The van der Waals surface area contributed by atoms with Gasteiger partial charge in [-0.1, -0.05) is 15.9 Å². The molecule has 4 fully saturated rings. The number of halogens is 1. The van der Waals surface area contributed by atoms with Crippen molar-refractivity contribution in [2.24, 2.45) is 23.7 Å². The summed E-state index contributed by atoms with van der Waals surface area (Å²) in [5, 5.41) is 2.85. The number of ether oxygens (including phenoxy) is 1. The lowest BCUT2D eigenvalue weighted by atomic mass is 9.55. The van der Waals surface area contributed by atoms with Crippen LogP contribution >= 0.6 is 15.9 Å². The van der Waals surface area contributed by atoms with Crippen molar-refractivity contribution in [1.82, 2.24) is 0 Å². The molecule has 0 atom stereocenters. The fourth-order valence-corrected chi connectivity index (χ4v) is 5.14. The molecule has 0 spiro atoms. The maximum Gasteiger partial charge on any atom is 0.411 e. The van der Waals surface area contributed by atoms with Crippen molar-refractivity contribution in [3.8, 4) is 0 Å². The summed E-state index contributed by atoms with van der Waals surface area (Å²) in [5.41, 5.74) is 0.784. The van der Waals surface area contributed by atoms with E-state index in [0.29, 0.717) is 11.8 Å². The summed E-state index contributed by atoms with van der Waals surface area (Å²) in [6, 6.07) is 7.58. The third-order valence-corrected chi connectivity index (χ3v) is 6.00. The molecule has 0 radical (unpaired) electrons. The lowest BCUT2D eigenvalue weighted by Gasteiger charge is -2.53. The van der Waals surface area contributed by atoms with Crippen LogP contribution in [0.3, 0.4) is 0 Å². The molecule has 4 aliphatic rings. The Morgan fingerprint density at radius 2 is 1.57 bits per heavy atom. The Kier molecular flexibility index (Phi) is 3.44. The van der Waals surface area contributed by atoms with Crippen LogP contribution in [0.2, 0.25) is 0 Å². The van der Waals surface area contributed by atoms with Crippen molar-refractivity contribution >= 4 is 27.7 Å². The van der Waals surface area contributed by atoms with Crippen LogP contribution in [0.25, 0.3) is 0 Å². The molecule has 4 bridgehead atoms. The van der Waals surface area contributed by atoms with Crippen molar-refractivity contribution in [2.45, 2.75) is 38.2 Å². The minimum Gasteiger partial charge on any atom is -0.445 e. The van der Waals surface area contributed by atoms with Crippen molar-refractivity contribution in [3.63, 3.8) is 0 Å². The molecule has 0 aromatic heterocycles. The van der Waals surface area contributed by atoms with Crippen molar-refractivity contribution in [1.29, 1.82) is 0 Å². The summed E-state index contributed by atoms with van der Waals surface area (Å²) < 4.78 is 6.80. The summed E-state index contributed by atoms with van der Waals surface area (Å²) in [5.74, 6) is 3.03. The molecule has 1 N–H and O–H groups in total. The number of carbonyl (C=O) groups excluding carboxylic acids is 1. The lowest BCUT2D eigenvalue weighted by Crippen LogP contribution is -2.50. The molecule has 112 valence electrons. The van der Waals surface area contributed by atoms with Crippen LogP contribution in [0.5, 0.6) is 0 Å². The highest BCUT2D eigenvalue weighted by atomic mass is 79.9. The second kappa shape index (κ2) is 5.31. The van der Waals surface area contributed by atoms with E-state index < -0.39 is 0 Å². The highest BCUT2D eigenvalue weighted by Crippen LogP contribution is 2.54. The fourth-order valence-electron chi connectivity index (χ4n) is 4.87. The van der Waals surface area contributed by atoms with Gasteiger partial charge in [0, 0.05) is 10.2 Å². The van der Waals surface area contributed by atoms with E-state index >= 15 is 0 Å². The smallest absolute Gasteiger partial charge is 0.411 e. The molecular weight excluding hydrogens is 330 g/mol. The molecule has 0 aliphatic heterocycles. The molecule has 4 saturated carbocycles. The number of amides is 1. The number of rotatable bonds is 2. The molecule has 0 saturated heterocycles. The molecule has 1 aromatic carbocycles. The van der Waals surface area contributed by atoms with Crippen LogP contribution in [0.15, 0.2) is 28.7 Å². The Hall–Kier alpha value is -1.03. The third kappa shape index (κ3) is 2.70. The molecule has 1 aromatic rings. The molecule has 0 heterocycles. The van der Waals surface area contributed by atoms with Crippen LogP contribution in [-0.2, 0) is 4.74 Å². The highest BCUT2D eigenvalue weighted by Gasteiger charge is 2.49. The van der Waals surface area contributed by atoms with E-state index in [0.717, 1.165) is 22.0 Å². The van der Waals surface area contributed by atoms with E-state index in [1.807, 2.05) is 24.3 Å². The number of hydrogen-bond donors (Lipinski definition) is 1. The molecule has 4 aliphatic carbocycles.